The van der Waals surface area contributed by atoms with Gasteiger partial charge < -0.3 is 15.0 Å². The molecule has 1 saturated carbocycles. The Hall–Kier alpha value is -2.37. The van der Waals surface area contributed by atoms with Gasteiger partial charge in [0.25, 0.3) is 5.91 Å². The molecule has 6 heteroatoms. The Bertz CT molecular complexity index is 597. The highest BCUT2D eigenvalue weighted by Gasteiger charge is 2.40. The molecule has 0 unspecified atom stereocenters. The first-order valence-electron chi connectivity index (χ1n) is 7.64. The minimum Gasteiger partial charge on any atom is -0.455 e. The monoisotopic (exact) mass is 318 g/mol. The molecule has 0 bridgehead atoms. The fourth-order valence-corrected chi connectivity index (χ4v) is 2.14. The predicted molar refractivity (Wildman–Crippen MR) is 85.7 cm³/mol. The third kappa shape index (κ3) is 5.09. The van der Waals surface area contributed by atoms with E-state index in [0.29, 0.717) is 11.6 Å². The highest BCUT2D eigenvalue weighted by atomic mass is 16.5. The Morgan fingerprint density at radius 1 is 1.26 bits per heavy atom. The number of esters is 1. The molecule has 1 aliphatic carbocycles. The Labute approximate surface area is 135 Å². The van der Waals surface area contributed by atoms with E-state index in [1.54, 1.807) is 12.1 Å². The number of hydrogen-bond donors (Lipinski definition) is 1. The fraction of sp³-hybridized carbons (Fsp3) is 0.471. The molecule has 0 saturated heterocycles. The molecule has 1 aliphatic rings. The molecule has 1 N–H and O–H groups in total. The van der Waals surface area contributed by atoms with Gasteiger partial charge in [0.05, 0.1) is 12.5 Å². The number of nitrogens with one attached hydrogen (secondary N) is 1. The normalized spacial score (nSPS) is 18.9. The first kappa shape index (κ1) is 17.0. The Kier molecular flexibility index (Phi) is 5.36. The lowest BCUT2D eigenvalue weighted by Crippen LogP contribution is -2.37. The van der Waals surface area contributed by atoms with Crippen molar-refractivity contribution in [2.45, 2.75) is 20.3 Å². The number of aryl methyl sites for hydroxylation is 1. The maximum atomic E-state index is 11.9. The van der Waals surface area contributed by atoms with Crippen molar-refractivity contribution in [1.29, 1.82) is 0 Å². The van der Waals surface area contributed by atoms with E-state index in [-0.39, 0.29) is 30.9 Å². The van der Waals surface area contributed by atoms with Crippen LogP contribution in [0.4, 0.5) is 5.69 Å². The zero-order chi connectivity index (χ0) is 17.0. The van der Waals surface area contributed by atoms with Crippen molar-refractivity contribution in [3.63, 3.8) is 0 Å². The van der Waals surface area contributed by atoms with Crippen molar-refractivity contribution >= 4 is 23.5 Å². The van der Waals surface area contributed by atoms with Crippen LogP contribution in [0.3, 0.4) is 0 Å². The molecule has 0 heterocycles. The van der Waals surface area contributed by atoms with Crippen molar-refractivity contribution in [3.8, 4) is 0 Å². The molecule has 0 radical (unpaired) electrons. The zero-order valence-corrected chi connectivity index (χ0v) is 13.7. The predicted octanol–water partition coefficient (Wildman–Crippen LogP) is 1.59. The molecule has 2 atom stereocenters. The maximum Gasteiger partial charge on any atom is 0.309 e. The van der Waals surface area contributed by atoms with Crippen LogP contribution >= 0.6 is 0 Å². The van der Waals surface area contributed by atoms with Crippen LogP contribution in [0.25, 0.3) is 0 Å². The van der Waals surface area contributed by atoms with Gasteiger partial charge in [-0.2, -0.15) is 0 Å². The van der Waals surface area contributed by atoms with E-state index in [1.165, 1.54) is 11.9 Å². The molecule has 0 aromatic heterocycles. The lowest BCUT2D eigenvalue weighted by atomic mass is 10.2. The fourth-order valence-electron chi connectivity index (χ4n) is 2.14. The van der Waals surface area contributed by atoms with Crippen LogP contribution in [0.1, 0.15) is 18.9 Å². The van der Waals surface area contributed by atoms with Gasteiger partial charge in [0.15, 0.2) is 6.61 Å². The number of nitrogens with zero attached hydrogens (tertiary/aromatic N) is 1. The number of amides is 2. The highest BCUT2D eigenvalue weighted by molar-refractivity contribution is 5.94. The van der Waals surface area contributed by atoms with Crippen molar-refractivity contribution in [3.05, 3.63) is 29.8 Å². The van der Waals surface area contributed by atoms with E-state index in [2.05, 4.69) is 5.32 Å². The van der Waals surface area contributed by atoms with Crippen LogP contribution in [0.15, 0.2) is 24.3 Å². The van der Waals surface area contributed by atoms with Crippen LogP contribution in [0, 0.1) is 18.8 Å². The number of anilines is 1. The first-order chi connectivity index (χ1) is 10.9. The van der Waals surface area contributed by atoms with E-state index in [4.69, 9.17) is 4.74 Å². The molecule has 1 aromatic rings. The molecule has 0 spiro atoms. The number of carbonyl (C=O) groups excluding carboxylic acids is 3. The highest BCUT2D eigenvalue weighted by Crippen LogP contribution is 2.38. The van der Waals surface area contributed by atoms with E-state index in [1.807, 2.05) is 26.0 Å². The second-order valence-electron chi connectivity index (χ2n) is 6.09. The van der Waals surface area contributed by atoms with E-state index in [0.717, 1.165) is 12.0 Å². The second kappa shape index (κ2) is 7.26. The number of hydrogen-bond acceptors (Lipinski definition) is 4. The molecule has 6 nitrogen and oxygen atoms in total. The average Bonchev–Trinajstić information content (AvgIpc) is 3.23. The van der Waals surface area contributed by atoms with Gasteiger partial charge in [0.1, 0.15) is 0 Å². The minimum atomic E-state index is -0.397. The van der Waals surface area contributed by atoms with Gasteiger partial charge in [-0.25, -0.2) is 0 Å². The van der Waals surface area contributed by atoms with Gasteiger partial charge in [-0.15, -0.1) is 0 Å². The van der Waals surface area contributed by atoms with Crippen molar-refractivity contribution in [2.75, 3.05) is 25.5 Å². The van der Waals surface area contributed by atoms with Crippen LogP contribution in [-0.4, -0.2) is 42.9 Å². The maximum absolute atomic E-state index is 11.9. The molecule has 2 rings (SSSR count). The molecule has 1 aromatic carbocycles. The summed E-state index contributed by atoms with van der Waals surface area (Å²) in [5.74, 6) is -0.755. The third-order valence-corrected chi connectivity index (χ3v) is 3.89. The smallest absolute Gasteiger partial charge is 0.309 e. The van der Waals surface area contributed by atoms with Crippen LogP contribution in [0.2, 0.25) is 0 Å². The third-order valence-electron chi connectivity index (χ3n) is 3.89. The quantitative estimate of drug-likeness (QED) is 0.808. The molecule has 1 fully saturated rings. The van der Waals surface area contributed by atoms with E-state index >= 15 is 0 Å². The van der Waals surface area contributed by atoms with Crippen molar-refractivity contribution < 1.29 is 19.1 Å². The largest absolute Gasteiger partial charge is 0.455 e. The Morgan fingerprint density at radius 3 is 2.43 bits per heavy atom. The number of carbonyl (C=O) groups is 3. The lowest BCUT2D eigenvalue weighted by molar-refractivity contribution is -0.153. The molecular formula is C17H22N2O4. The number of ether oxygens (including phenoxy) is 1. The molecule has 23 heavy (non-hydrogen) atoms. The summed E-state index contributed by atoms with van der Waals surface area (Å²) in [5.41, 5.74) is 1.78. The summed E-state index contributed by atoms with van der Waals surface area (Å²) in [4.78, 5) is 36.6. The standard InChI is InChI=1S/C17H22N2O4/c1-11-4-6-13(7-5-11)18-15(20)9-19(3)16(21)10-23-17(22)14-8-12(14)2/h4-7,12,14H,8-10H2,1-3H3,(H,18,20)/t12-,14+/m1/s1. The summed E-state index contributed by atoms with van der Waals surface area (Å²) >= 11 is 0. The SMILES string of the molecule is Cc1ccc(NC(=O)CN(C)C(=O)COC(=O)[C@H]2C[C@H]2C)cc1. The van der Waals surface area contributed by atoms with Gasteiger partial charge in [0, 0.05) is 12.7 Å². The Balaban J connectivity index is 1.72. The zero-order valence-electron chi connectivity index (χ0n) is 13.7. The summed E-state index contributed by atoms with van der Waals surface area (Å²) in [6, 6.07) is 7.38. The molecule has 124 valence electrons. The molecular weight excluding hydrogens is 296 g/mol. The van der Waals surface area contributed by atoms with Gasteiger partial charge in [-0.05, 0) is 31.4 Å². The average molecular weight is 318 g/mol. The number of benzene rings is 1. The van der Waals surface area contributed by atoms with Crippen LogP contribution in [0.5, 0.6) is 0 Å². The summed E-state index contributed by atoms with van der Waals surface area (Å²) in [7, 11) is 1.50. The van der Waals surface area contributed by atoms with Gasteiger partial charge in [0.2, 0.25) is 5.91 Å². The van der Waals surface area contributed by atoms with E-state index in [9.17, 15) is 14.4 Å². The molecule has 2 amide bonds. The number of likely N-dealkylation sites (N-methyl/N-ethyl adjacent to an activating group) is 1. The van der Waals surface area contributed by atoms with Gasteiger partial charge in [-0.1, -0.05) is 24.6 Å². The van der Waals surface area contributed by atoms with Gasteiger partial charge in [-0.3, -0.25) is 14.4 Å². The molecule has 0 aliphatic heterocycles. The summed E-state index contributed by atoms with van der Waals surface area (Å²) in [6.45, 7) is 3.51. The summed E-state index contributed by atoms with van der Waals surface area (Å²) in [5, 5.41) is 2.71. The summed E-state index contributed by atoms with van der Waals surface area (Å²) < 4.78 is 4.97. The topological polar surface area (TPSA) is 75.7 Å². The number of rotatable bonds is 6. The van der Waals surface area contributed by atoms with Crippen LogP contribution in [-0.2, 0) is 19.1 Å². The minimum absolute atomic E-state index is 0.0713. The Morgan fingerprint density at radius 2 is 1.87 bits per heavy atom. The van der Waals surface area contributed by atoms with Crippen molar-refractivity contribution in [2.24, 2.45) is 11.8 Å². The van der Waals surface area contributed by atoms with E-state index < -0.39 is 5.91 Å². The summed E-state index contributed by atoms with van der Waals surface area (Å²) in [6.07, 6.45) is 0.821. The first-order valence-corrected chi connectivity index (χ1v) is 7.64. The lowest BCUT2D eigenvalue weighted by Gasteiger charge is -2.16. The van der Waals surface area contributed by atoms with Crippen molar-refractivity contribution in [1.82, 2.24) is 4.90 Å². The second-order valence-corrected chi connectivity index (χ2v) is 6.09. The van der Waals surface area contributed by atoms with Gasteiger partial charge >= 0.3 is 5.97 Å². The van der Waals surface area contributed by atoms with Crippen LogP contribution < -0.4 is 5.32 Å².